The molecule has 344 valence electrons. The molecule has 11 rings (SSSR count). The second kappa shape index (κ2) is 15.3. The first kappa shape index (κ1) is 44.5. The van der Waals surface area contributed by atoms with Crippen molar-refractivity contribution >= 4 is 74.3 Å². The molecule has 0 spiro atoms. The first-order chi connectivity index (χ1) is 32.1. The number of anilines is 9. The lowest BCUT2D eigenvalue weighted by Crippen LogP contribution is -2.62. The van der Waals surface area contributed by atoms with Crippen LogP contribution in [0.2, 0.25) is 0 Å². The Morgan fingerprint density at radius 2 is 0.971 bits per heavy atom. The Labute approximate surface area is 408 Å². The zero-order chi connectivity index (χ0) is 47.9. The Kier molecular flexibility index (Phi) is 9.98. The minimum Gasteiger partial charge on any atom is -0.311 e. The standard InChI is InChI=1S/C64H70BN3/c1-41-34-57-59-58(35-41)68(54-36-43(60(3,4)5)25-24-42(54)2)55-38-47(66(44-20-16-14-17-21-44)45-22-18-15-19-23-45)27-29-52(55)65(59)53-39-50-51(64(12,13)33-32-63(50,10)11)40-56(53)67(57)46-26-28-48-49(37-46)62(8,9)31-30-61(48,6)7/h14-29,34-40H,30-33H2,1-13H3. The summed E-state index contributed by atoms with van der Waals surface area (Å²) in [7, 11) is 0. The second-order valence-corrected chi connectivity index (χ2v) is 24.5. The first-order valence-corrected chi connectivity index (χ1v) is 25.4. The predicted octanol–water partition coefficient (Wildman–Crippen LogP) is 15.9. The Morgan fingerprint density at radius 3 is 1.56 bits per heavy atom. The molecule has 2 aliphatic carbocycles. The van der Waals surface area contributed by atoms with E-state index in [0.29, 0.717) is 0 Å². The molecule has 0 atom stereocenters. The van der Waals surface area contributed by atoms with E-state index in [9.17, 15) is 0 Å². The Morgan fingerprint density at radius 1 is 0.441 bits per heavy atom. The molecule has 4 aliphatic rings. The predicted molar refractivity (Wildman–Crippen MR) is 294 cm³/mol. The molecule has 0 saturated carbocycles. The quantitative estimate of drug-likeness (QED) is 0.159. The highest BCUT2D eigenvalue weighted by Crippen LogP contribution is 2.53. The molecule has 0 aromatic heterocycles. The summed E-state index contributed by atoms with van der Waals surface area (Å²) in [5.41, 5.74) is 25.3. The van der Waals surface area contributed by atoms with Gasteiger partial charge in [0, 0.05) is 51.2 Å². The Bertz CT molecular complexity index is 3110. The molecular formula is C64H70BN3. The topological polar surface area (TPSA) is 9.72 Å². The number of hydrogen-bond acceptors (Lipinski definition) is 3. The SMILES string of the molecule is Cc1cc2c3c(c1)N(c1cc(C(C)(C)C)ccc1C)c1cc(N(c4ccccc4)c4ccccc4)ccc1B3c1cc3c(cc1N2c1ccc2c(c1)C(C)(C)CCC2(C)C)C(C)(C)CCC3(C)C. The van der Waals surface area contributed by atoms with Gasteiger partial charge >= 0.3 is 0 Å². The fourth-order valence-corrected chi connectivity index (χ4v) is 12.5. The van der Waals surface area contributed by atoms with Crippen LogP contribution in [0.5, 0.6) is 0 Å². The van der Waals surface area contributed by atoms with Gasteiger partial charge < -0.3 is 14.7 Å². The van der Waals surface area contributed by atoms with Crippen molar-refractivity contribution in [1.29, 1.82) is 0 Å². The lowest BCUT2D eigenvalue weighted by molar-refractivity contribution is 0.332. The Hall–Kier alpha value is -6.00. The molecule has 2 aliphatic heterocycles. The van der Waals surface area contributed by atoms with Crippen molar-refractivity contribution in [2.45, 2.75) is 143 Å². The monoisotopic (exact) mass is 892 g/mol. The third-order valence-electron chi connectivity index (χ3n) is 16.9. The number of aryl methyl sites for hydroxylation is 2. The number of rotatable bonds is 5. The summed E-state index contributed by atoms with van der Waals surface area (Å²) >= 11 is 0. The smallest absolute Gasteiger partial charge is 0.252 e. The van der Waals surface area contributed by atoms with Crippen LogP contribution in [0.25, 0.3) is 0 Å². The lowest BCUT2D eigenvalue weighted by atomic mass is 9.33. The molecule has 0 fully saturated rings. The van der Waals surface area contributed by atoms with Crippen LogP contribution in [-0.2, 0) is 27.1 Å². The molecule has 0 bridgehead atoms. The van der Waals surface area contributed by atoms with Crippen molar-refractivity contribution in [3.8, 4) is 0 Å². The van der Waals surface area contributed by atoms with Gasteiger partial charge in [-0.05, 0) is 195 Å². The van der Waals surface area contributed by atoms with Gasteiger partial charge in [0.2, 0.25) is 0 Å². The summed E-state index contributed by atoms with van der Waals surface area (Å²) in [5.74, 6) is 0. The van der Waals surface area contributed by atoms with Gasteiger partial charge in [-0.2, -0.15) is 0 Å². The van der Waals surface area contributed by atoms with Crippen LogP contribution in [0, 0.1) is 13.8 Å². The third kappa shape index (κ3) is 6.98. The minimum atomic E-state index is -0.0287. The van der Waals surface area contributed by atoms with Crippen molar-refractivity contribution < 1.29 is 0 Å². The van der Waals surface area contributed by atoms with Gasteiger partial charge in [-0.15, -0.1) is 0 Å². The second-order valence-electron chi connectivity index (χ2n) is 24.5. The highest BCUT2D eigenvalue weighted by Gasteiger charge is 2.47. The highest BCUT2D eigenvalue weighted by molar-refractivity contribution is 7.00. The fourth-order valence-electron chi connectivity index (χ4n) is 12.5. The summed E-state index contributed by atoms with van der Waals surface area (Å²) in [6.45, 7) is 31.4. The summed E-state index contributed by atoms with van der Waals surface area (Å²) in [5, 5.41) is 0. The van der Waals surface area contributed by atoms with E-state index in [-0.39, 0.29) is 33.8 Å². The molecule has 7 aromatic carbocycles. The van der Waals surface area contributed by atoms with E-state index in [4.69, 9.17) is 0 Å². The first-order valence-electron chi connectivity index (χ1n) is 25.4. The number of para-hydroxylation sites is 2. The highest BCUT2D eigenvalue weighted by atomic mass is 15.2. The van der Waals surface area contributed by atoms with Crippen LogP contribution in [0.4, 0.5) is 51.2 Å². The summed E-state index contributed by atoms with van der Waals surface area (Å²) in [4.78, 5) is 7.76. The molecular weight excluding hydrogens is 822 g/mol. The zero-order valence-corrected chi connectivity index (χ0v) is 43.0. The Balaban J connectivity index is 1.25. The van der Waals surface area contributed by atoms with Crippen molar-refractivity contribution in [2.75, 3.05) is 14.7 Å². The van der Waals surface area contributed by atoms with E-state index < -0.39 is 0 Å². The number of benzene rings is 7. The van der Waals surface area contributed by atoms with Crippen LogP contribution in [0.15, 0.2) is 140 Å². The van der Waals surface area contributed by atoms with Crippen LogP contribution < -0.4 is 31.1 Å². The lowest BCUT2D eigenvalue weighted by Gasteiger charge is -2.48. The van der Waals surface area contributed by atoms with Crippen molar-refractivity contribution in [1.82, 2.24) is 0 Å². The van der Waals surface area contributed by atoms with Crippen molar-refractivity contribution in [3.63, 3.8) is 0 Å². The zero-order valence-electron chi connectivity index (χ0n) is 43.0. The van der Waals surface area contributed by atoms with Crippen LogP contribution in [0.3, 0.4) is 0 Å². The van der Waals surface area contributed by atoms with Crippen LogP contribution >= 0.6 is 0 Å². The molecule has 3 nitrogen and oxygen atoms in total. The van der Waals surface area contributed by atoms with Gasteiger partial charge in [0.25, 0.3) is 6.71 Å². The third-order valence-corrected chi connectivity index (χ3v) is 16.9. The molecule has 4 heteroatoms. The van der Waals surface area contributed by atoms with Gasteiger partial charge in [-0.1, -0.05) is 143 Å². The van der Waals surface area contributed by atoms with E-state index in [1.165, 1.54) is 115 Å². The molecule has 0 saturated heterocycles. The molecule has 7 aromatic rings. The average molecular weight is 892 g/mol. The molecule has 2 heterocycles. The van der Waals surface area contributed by atoms with Crippen LogP contribution in [-0.4, -0.2) is 6.71 Å². The van der Waals surface area contributed by atoms with Gasteiger partial charge in [0.1, 0.15) is 0 Å². The van der Waals surface area contributed by atoms with E-state index in [1.54, 1.807) is 0 Å². The van der Waals surface area contributed by atoms with E-state index >= 15 is 0 Å². The minimum absolute atomic E-state index is 0.0132. The van der Waals surface area contributed by atoms with Crippen molar-refractivity contribution in [3.05, 3.63) is 178 Å². The molecule has 0 radical (unpaired) electrons. The number of hydrogen-bond donors (Lipinski definition) is 0. The molecule has 68 heavy (non-hydrogen) atoms. The molecule has 0 amide bonds. The maximum Gasteiger partial charge on any atom is 0.252 e. The van der Waals surface area contributed by atoms with E-state index in [2.05, 4.69) is 244 Å². The maximum absolute atomic E-state index is 2.69. The largest absolute Gasteiger partial charge is 0.311 e. The summed E-state index contributed by atoms with van der Waals surface area (Å²) in [6.07, 6.45) is 4.72. The normalized spacial score (nSPS) is 17.9. The molecule has 0 N–H and O–H groups in total. The van der Waals surface area contributed by atoms with Crippen LogP contribution in [0.1, 0.15) is 141 Å². The molecule has 0 unspecified atom stereocenters. The van der Waals surface area contributed by atoms with Gasteiger partial charge in [-0.3, -0.25) is 0 Å². The fraction of sp³-hybridized carbons (Fsp3) is 0.344. The van der Waals surface area contributed by atoms with E-state index in [1.807, 2.05) is 0 Å². The summed E-state index contributed by atoms with van der Waals surface area (Å²) in [6, 6.07) is 54.1. The van der Waals surface area contributed by atoms with Gasteiger partial charge in [-0.25, -0.2) is 0 Å². The van der Waals surface area contributed by atoms with Gasteiger partial charge in [0.15, 0.2) is 0 Å². The summed E-state index contributed by atoms with van der Waals surface area (Å²) < 4.78 is 0. The van der Waals surface area contributed by atoms with E-state index in [0.717, 1.165) is 17.1 Å². The maximum atomic E-state index is 2.69. The van der Waals surface area contributed by atoms with Crippen molar-refractivity contribution in [2.24, 2.45) is 0 Å². The van der Waals surface area contributed by atoms with Gasteiger partial charge in [0.05, 0.1) is 0 Å². The number of nitrogens with zero attached hydrogens (tertiary/aromatic N) is 3. The average Bonchev–Trinajstić information content (AvgIpc) is 3.29. The number of fused-ring (bicyclic) bond motifs is 6.